The molecule has 0 amide bonds. The molecule has 1 nitrogen and oxygen atoms in total. The molecule has 0 aliphatic heterocycles. The molecule has 0 saturated heterocycles. The summed E-state index contributed by atoms with van der Waals surface area (Å²) in [7, 11) is 0. The van der Waals surface area contributed by atoms with Gasteiger partial charge >= 0.3 is 0 Å². The Hall–Kier alpha value is -0.250. The fourth-order valence-electron chi connectivity index (χ4n) is 1.45. The van der Waals surface area contributed by atoms with Crippen LogP contribution in [0.1, 0.15) is 26.7 Å². The zero-order chi connectivity index (χ0) is 10.4. The Morgan fingerprint density at radius 3 is 2.50 bits per heavy atom. The molecule has 1 aromatic carbocycles. The van der Waals surface area contributed by atoms with Gasteiger partial charge < -0.3 is 5.32 Å². The zero-order valence-electron chi connectivity index (χ0n) is 8.89. The van der Waals surface area contributed by atoms with Crippen LogP contribution in [0.15, 0.2) is 24.3 Å². The van der Waals surface area contributed by atoms with E-state index in [1.165, 1.54) is 22.1 Å². The van der Waals surface area contributed by atoms with Crippen molar-refractivity contribution in [3.63, 3.8) is 0 Å². The number of halogens is 1. The summed E-state index contributed by atoms with van der Waals surface area (Å²) in [5.74, 6) is 0.763. The highest BCUT2D eigenvalue weighted by molar-refractivity contribution is 14.1. The predicted octanol–water partition coefficient (Wildman–Crippen LogP) is 4.14. The van der Waals surface area contributed by atoms with Gasteiger partial charge in [0.25, 0.3) is 0 Å². The maximum Gasteiger partial charge on any atom is 0.0340 e. The van der Waals surface area contributed by atoms with Gasteiger partial charge in [-0.05, 0) is 59.2 Å². The summed E-state index contributed by atoms with van der Waals surface area (Å²) in [4.78, 5) is 0. The number of nitrogens with one attached hydrogen (secondary N) is 1. The van der Waals surface area contributed by atoms with Gasteiger partial charge in [-0.15, -0.1) is 0 Å². The van der Waals surface area contributed by atoms with Gasteiger partial charge in [-0.3, -0.25) is 0 Å². The van der Waals surface area contributed by atoms with Crippen molar-refractivity contribution >= 4 is 28.3 Å². The number of hydrogen-bond acceptors (Lipinski definition) is 1. The van der Waals surface area contributed by atoms with Gasteiger partial charge in [-0.25, -0.2) is 0 Å². The maximum atomic E-state index is 3.45. The molecule has 0 aliphatic rings. The van der Waals surface area contributed by atoms with Crippen molar-refractivity contribution in [3.05, 3.63) is 27.8 Å². The first-order chi connectivity index (χ1) is 6.72. The molecule has 0 radical (unpaired) electrons. The fourth-order valence-corrected chi connectivity index (χ4v) is 1.81. The van der Waals surface area contributed by atoms with Crippen LogP contribution >= 0.6 is 22.6 Å². The Morgan fingerprint density at radius 1 is 1.29 bits per heavy atom. The molecule has 0 heterocycles. The zero-order valence-corrected chi connectivity index (χ0v) is 11.0. The van der Waals surface area contributed by atoms with Crippen molar-refractivity contribution in [1.29, 1.82) is 0 Å². The van der Waals surface area contributed by atoms with Gasteiger partial charge in [0.2, 0.25) is 0 Å². The van der Waals surface area contributed by atoms with Crippen LogP contribution in [0.5, 0.6) is 0 Å². The number of rotatable bonds is 5. The first-order valence-electron chi connectivity index (χ1n) is 5.21. The average Bonchev–Trinajstić information content (AvgIpc) is 2.17. The Balaban J connectivity index is 2.34. The molecule has 1 N–H and O–H groups in total. The molecule has 0 spiro atoms. The summed E-state index contributed by atoms with van der Waals surface area (Å²) in [5, 5.41) is 3.45. The summed E-state index contributed by atoms with van der Waals surface area (Å²) in [5.41, 5.74) is 1.23. The van der Waals surface area contributed by atoms with E-state index in [9.17, 15) is 0 Å². The molecular weight excluding hydrogens is 285 g/mol. The smallest absolute Gasteiger partial charge is 0.0340 e. The van der Waals surface area contributed by atoms with E-state index in [0.29, 0.717) is 0 Å². The van der Waals surface area contributed by atoms with Crippen molar-refractivity contribution in [2.75, 3.05) is 11.9 Å². The lowest BCUT2D eigenvalue weighted by atomic mass is 10.1. The highest BCUT2D eigenvalue weighted by atomic mass is 127. The minimum Gasteiger partial charge on any atom is -0.385 e. The van der Waals surface area contributed by atoms with E-state index in [4.69, 9.17) is 0 Å². The molecule has 0 bridgehead atoms. The van der Waals surface area contributed by atoms with Crippen LogP contribution in [0.3, 0.4) is 0 Å². The maximum absolute atomic E-state index is 3.45. The lowest BCUT2D eigenvalue weighted by Gasteiger charge is -2.12. The lowest BCUT2D eigenvalue weighted by molar-refractivity contribution is 0.551. The molecule has 1 aromatic rings. The van der Waals surface area contributed by atoms with Crippen LogP contribution in [-0.2, 0) is 0 Å². The van der Waals surface area contributed by atoms with Gasteiger partial charge in [0.15, 0.2) is 0 Å². The number of hydrogen-bond donors (Lipinski definition) is 1. The molecule has 0 saturated carbocycles. The van der Waals surface area contributed by atoms with E-state index in [1.54, 1.807) is 0 Å². The Labute approximate surface area is 100 Å². The van der Waals surface area contributed by atoms with E-state index in [0.717, 1.165) is 12.5 Å². The van der Waals surface area contributed by atoms with Crippen molar-refractivity contribution in [2.24, 2.45) is 5.92 Å². The summed E-state index contributed by atoms with van der Waals surface area (Å²) in [6, 6.07) is 8.54. The van der Waals surface area contributed by atoms with Crippen LogP contribution in [0.25, 0.3) is 0 Å². The number of anilines is 1. The monoisotopic (exact) mass is 303 g/mol. The fraction of sp³-hybridized carbons (Fsp3) is 0.500. The predicted molar refractivity (Wildman–Crippen MR) is 71.7 cm³/mol. The minimum atomic E-state index is 0.763. The third-order valence-corrected chi connectivity index (χ3v) is 3.00. The molecule has 0 fully saturated rings. The van der Waals surface area contributed by atoms with E-state index in [-0.39, 0.29) is 0 Å². The minimum absolute atomic E-state index is 0.763. The standard InChI is InChI=1S/C12H18IN/c1-3-4-10(2)9-14-12-7-5-11(13)6-8-12/h5-8,10,14H,3-4,9H2,1-2H3. The van der Waals surface area contributed by atoms with E-state index in [2.05, 4.69) is 66.0 Å². The second kappa shape index (κ2) is 6.27. The first-order valence-corrected chi connectivity index (χ1v) is 6.29. The Morgan fingerprint density at radius 2 is 1.93 bits per heavy atom. The molecule has 0 aliphatic carbocycles. The molecule has 1 rings (SSSR count). The summed E-state index contributed by atoms with van der Waals surface area (Å²) in [6.45, 7) is 5.61. The largest absolute Gasteiger partial charge is 0.385 e. The van der Waals surface area contributed by atoms with E-state index >= 15 is 0 Å². The highest BCUT2D eigenvalue weighted by Crippen LogP contribution is 2.12. The SMILES string of the molecule is CCCC(C)CNc1ccc(I)cc1. The quantitative estimate of drug-likeness (QED) is 0.806. The Kier molecular flexibility index (Phi) is 5.30. The van der Waals surface area contributed by atoms with E-state index < -0.39 is 0 Å². The van der Waals surface area contributed by atoms with Gasteiger partial charge in [0.05, 0.1) is 0 Å². The first kappa shape index (κ1) is 11.8. The second-order valence-corrected chi connectivity index (χ2v) is 5.03. The molecule has 0 aromatic heterocycles. The van der Waals surface area contributed by atoms with Gasteiger partial charge in [-0.1, -0.05) is 20.3 Å². The van der Waals surface area contributed by atoms with Crippen LogP contribution < -0.4 is 5.32 Å². The third kappa shape index (κ3) is 4.31. The molecule has 2 heteroatoms. The van der Waals surface area contributed by atoms with Crippen LogP contribution in [0, 0.1) is 9.49 Å². The van der Waals surface area contributed by atoms with Gasteiger partial charge in [0.1, 0.15) is 0 Å². The van der Waals surface area contributed by atoms with Crippen LogP contribution in [-0.4, -0.2) is 6.54 Å². The lowest BCUT2D eigenvalue weighted by Crippen LogP contribution is -2.10. The summed E-state index contributed by atoms with van der Waals surface area (Å²) in [6.07, 6.45) is 2.58. The highest BCUT2D eigenvalue weighted by Gasteiger charge is 1.99. The summed E-state index contributed by atoms with van der Waals surface area (Å²) >= 11 is 2.32. The molecule has 1 atom stereocenters. The van der Waals surface area contributed by atoms with Gasteiger partial charge in [-0.2, -0.15) is 0 Å². The van der Waals surface area contributed by atoms with Crippen molar-refractivity contribution in [3.8, 4) is 0 Å². The van der Waals surface area contributed by atoms with Crippen LogP contribution in [0.4, 0.5) is 5.69 Å². The molecule has 14 heavy (non-hydrogen) atoms. The number of benzene rings is 1. The van der Waals surface area contributed by atoms with E-state index in [1.807, 2.05) is 0 Å². The Bertz CT molecular complexity index is 256. The topological polar surface area (TPSA) is 12.0 Å². The molecule has 1 unspecified atom stereocenters. The molecule has 78 valence electrons. The van der Waals surface area contributed by atoms with Gasteiger partial charge in [0, 0.05) is 15.8 Å². The van der Waals surface area contributed by atoms with Crippen molar-refractivity contribution in [2.45, 2.75) is 26.7 Å². The van der Waals surface area contributed by atoms with Crippen molar-refractivity contribution in [1.82, 2.24) is 0 Å². The third-order valence-electron chi connectivity index (χ3n) is 2.28. The molecular formula is C12H18IN. The van der Waals surface area contributed by atoms with Crippen LogP contribution in [0.2, 0.25) is 0 Å². The second-order valence-electron chi connectivity index (χ2n) is 3.78. The summed E-state index contributed by atoms with van der Waals surface area (Å²) < 4.78 is 1.29. The average molecular weight is 303 g/mol. The normalized spacial score (nSPS) is 12.5. The van der Waals surface area contributed by atoms with Crippen molar-refractivity contribution < 1.29 is 0 Å².